The number of nitrogens with one attached hydrogen (secondary N) is 2. The van der Waals surface area contributed by atoms with Crippen molar-refractivity contribution >= 4 is 28.9 Å². The summed E-state index contributed by atoms with van der Waals surface area (Å²) in [6, 6.07) is 13.7. The van der Waals surface area contributed by atoms with E-state index in [0.717, 1.165) is 31.9 Å². The predicted molar refractivity (Wildman–Crippen MR) is 104 cm³/mol. The zero-order valence-electron chi connectivity index (χ0n) is 14.8. The first-order valence-corrected chi connectivity index (χ1v) is 9.11. The number of piperazine rings is 1. The number of nitrogens with zero attached hydrogens (tertiary/aromatic N) is 1. The second kappa shape index (κ2) is 7.89. The van der Waals surface area contributed by atoms with E-state index in [1.54, 1.807) is 12.1 Å². The van der Waals surface area contributed by atoms with Crippen LogP contribution < -0.4 is 15.1 Å². The van der Waals surface area contributed by atoms with Crippen molar-refractivity contribution in [3.8, 4) is 0 Å². The molecule has 0 aromatic heterocycles. The summed E-state index contributed by atoms with van der Waals surface area (Å²) in [5.41, 5.74) is 4.80. The third kappa shape index (κ3) is 4.53. The molecule has 4 nitrogen and oxygen atoms in total. The van der Waals surface area contributed by atoms with Gasteiger partial charge in [-0.25, -0.2) is 0 Å². The maximum absolute atomic E-state index is 12.2. The molecule has 0 atom stereocenters. The summed E-state index contributed by atoms with van der Waals surface area (Å²) in [6.07, 6.45) is 0. The second-order valence-electron chi connectivity index (χ2n) is 6.69. The lowest BCUT2D eigenvalue weighted by atomic mass is 10.1. The first-order valence-electron chi connectivity index (χ1n) is 8.73. The Labute approximate surface area is 154 Å². The molecule has 0 aliphatic carbocycles. The molecule has 132 valence electrons. The number of aryl methyl sites for hydroxylation is 1. The van der Waals surface area contributed by atoms with Gasteiger partial charge in [0.15, 0.2) is 6.54 Å². The quantitative estimate of drug-likeness (QED) is 0.880. The van der Waals surface area contributed by atoms with E-state index in [-0.39, 0.29) is 5.91 Å². The minimum absolute atomic E-state index is 0.0532. The number of quaternary nitrogens is 1. The lowest BCUT2D eigenvalue weighted by molar-refractivity contribution is -0.892. The van der Waals surface area contributed by atoms with Crippen LogP contribution in [0.4, 0.5) is 11.4 Å². The van der Waals surface area contributed by atoms with Crippen LogP contribution in [0, 0.1) is 13.8 Å². The number of carbonyl (C=O) groups is 1. The molecular formula is C20H25ClN3O+. The van der Waals surface area contributed by atoms with Crippen LogP contribution in [0.3, 0.4) is 0 Å². The average Bonchev–Trinajstić information content (AvgIpc) is 2.60. The third-order valence-corrected chi connectivity index (χ3v) is 5.18. The van der Waals surface area contributed by atoms with Crippen molar-refractivity contribution in [1.82, 2.24) is 0 Å². The highest BCUT2D eigenvalue weighted by molar-refractivity contribution is 6.30. The largest absolute Gasteiger partial charge is 0.360 e. The van der Waals surface area contributed by atoms with Gasteiger partial charge in [0.25, 0.3) is 5.91 Å². The van der Waals surface area contributed by atoms with Gasteiger partial charge in [0.2, 0.25) is 0 Å². The Kier molecular flexibility index (Phi) is 5.61. The van der Waals surface area contributed by atoms with E-state index in [0.29, 0.717) is 11.6 Å². The van der Waals surface area contributed by atoms with Crippen LogP contribution in [0.5, 0.6) is 0 Å². The number of amides is 1. The van der Waals surface area contributed by atoms with Crippen molar-refractivity contribution < 1.29 is 9.69 Å². The molecule has 1 aliphatic rings. The fraction of sp³-hybridized carbons (Fsp3) is 0.350. The lowest BCUT2D eigenvalue weighted by Gasteiger charge is -2.34. The van der Waals surface area contributed by atoms with E-state index < -0.39 is 0 Å². The molecule has 1 aliphatic heterocycles. The molecule has 3 rings (SSSR count). The molecule has 0 spiro atoms. The Bertz CT molecular complexity index is 737. The predicted octanol–water partition coefficient (Wildman–Crippen LogP) is 2.30. The molecule has 2 aromatic carbocycles. The van der Waals surface area contributed by atoms with E-state index >= 15 is 0 Å². The highest BCUT2D eigenvalue weighted by Crippen LogP contribution is 2.22. The van der Waals surface area contributed by atoms with Crippen LogP contribution in [0.25, 0.3) is 0 Å². The molecule has 0 radical (unpaired) electrons. The van der Waals surface area contributed by atoms with Gasteiger partial charge in [-0.15, -0.1) is 0 Å². The summed E-state index contributed by atoms with van der Waals surface area (Å²) in [4.78, 5) is 16.0. The van der Waals surface area contributed by atoms with Gasteiger partial charge >= 0.3 is 0 Å². The summed E-state index contributed by atoms with van der Waals surface area (Å²) in [5, 5.41) is 3.62. The van der Waals surface area contributed by atoms with E-state index in [2.05, 4.69) is 42.3 Å². The van der Waals surface area contributed by atoms with Crippen molar-refractivity contribution in [2.45, 2.75) is 13.8 Å². The Morgan fingerprint density at radius 2 is 1.80 bits per heavy atom. The smallest absolute Gasteiger partial charge is 0.279 e. The Hall–Kier alpha value is -2.04. The zero-order valence-corrected chi connectivity index (χ0v) is 15.6. The zero-order chi connectivity index (χ0) is 17.8. The van der Waals surface area contributed by atoms with E-state index in [9.17, 15) is 4.79 Å². The van der Waals surface area contributed by atoms with Crippen molar-refractivity contribution in [1.29, 1.82) is 0 Å². The third-order valence-electron chi connectivity index (χ3n) is 4.93. The van der Waals surface area contributed by atoms with Gasteiger partial charge in [-0.2, -0.15) is 0 Å². The van der Waals surface area contributed by atoms with Crippen LogP contribution in [0.1, 0.15) is 11.1 Å². The van der Waals surface area contributed by atoms with Crippen LogP contribution in [0.2, 0.25) is 5.02 Å². The summed E-state index contributed by atoms with van der Waals surface area (Å²) < 4.78 is 0. The standard InChI is InChI=1S/C20H24ClN3O/c1-15-4-3-5-19(16(15)2)24-12-10-23(11-13-24)14-20(25)22-18-8-6-17(21)7-9-18/h3-9H,10-14H2,1-2H3,(H,22,25)/p+1. The molecule has 2 N–H and O–H groups in total. The maximum atomic E-state index is 12.2. The SMILES string of the molecule is Cc1cccc(N2CC[NH+](CC(=O)Nc3ccc(Cl)cc3)CC2)c1C. The minimum Gasteiger partial charge on any atom is -0.360 e. The van der Waals surface area contributed by atoms with Gasteiger partial charge < -0.3 is 15.1 Å². The highest BCUT2D eigenvalue weighted by Gasteiger charge is 2.23. The molecule has 1 fully saturated rings. The van der Waals surface area contributed by atoms with E-state index in [4.69, 9.17) is 11.6 Å². The van der Waals surface area contributed by atoms with Crippen molar-refractivity contribution in [3.63, 3.8) is 0 Å². The number of hydrogen-bond acceptors (Lipinski definition) is 2. The topological polar surface area (TPSA) is 36.8 Å². The van der Waals surface area contributed by atoms with Gasteiger partial charge in [0, 0.05) is 16.4 Å². The summed E-state index contributed by atoms with van der Waals surface area (Å²) >= 11 is 5.87. The summed E-state index contributed by atoms with van der Waals surface area (Å²) in [5.74, 6) is 0.0532. The molecule has 0 unspecified atom stereocenters. The molecular weight excluding hydrogens is 334 g/mol. The normalized spacial score (nSPS) is 15.2. The van der Waals surface area contributed by atoms with Crippen LogP contribution >= 0.6 is 11.6 Å². The fourth-order valence-corrected chi connectivity index (χ4v) is 3.41. The van der Waals surface area contributed by atoms with Crippen molar-refractivity contribution in [2.75, 3.05) is 42.9 Å². The first kappa shape index (κ1) is 17.8. The number of rotatable bonds is 4. The monoisotopic (exact) mass is 358 g/mol. The maximum Gasteiger partial charge on any atom is 0.279 e. The molecule has 0 bridgehead atoms. The highest BCUT2D eigenvalue weighted by atomic mass is 35.5. The summed E-state index contributed by atoms with van der Waals surface area (Å²) in [7, 11) is 0. The Balaban J connectivity index is 1.51. The van der Waals surface area contributed by atoms with E-state index in [1.807, 2.05) is 12.1 Å². The molecule has 0 saturated carbocycles. The molecule has 25 heavy (non-hydrogen) atoms. The van der Waals surface area contributed by atoms with Crippen molar-refractivity contribution in [2.24, 2.45) is 0 Å². The summed E-state index contributed by atoms with van der Waals surface area (Å²) in [6.45, 7) is 8.75. The van der Waals surface area contributed by atoms with Gasteiger partial charge in [-0.1, -0.05) is 23.7 Å². The number of hydrogen-bond donors (Lipinski definition) is 2. The second-order valence-corrected chi connectivity index (χ2v) is 7.12. The molecule has 1 saturated heterocycles. The number of benzene rings is 2. The number of carbonyl (C=O) groups excluding carboxylic acids is 1. The van der Waals surface area contributed by atoms with Crippen LogP contribution in [0.15, 0.2) is 42.5 Å². The average molecular weight is 359 g/mol. The first-order chi connectivity index (χ1) is 12.0. The molecule has 2 aromatic rings. The van der Waals surface area contributed by atoms with Gasteiger partial charge in [0.1, 0.15) is 0 Å². The Morgan fingerprint density at radius 3 is 2.48 bits per heavy atom. The molecule has 1 heterocycles. The Morgan fingerprint density at radius 1 is 1.12 bits per heavy atom. The molecule has 5 heteroatoms. The van der Waals surface area contributed by atoms with E-state index in [1.165, 1.54) is 21.7 Å². The number of halogens is 1. The number of anilines is 2. The van der Waals surface area contributed by atoms with Crippen LogP contribution in [-0.4, -0.2) is 38.6 Å². The van der Waals surface area contributed by atoms with Gasteiger partial charge in [-0.05, 0) is 55.3 Å². The lowest BCUT2D eigenvalue weighted by Crippen LogP contribution is -3.15. The molecule has 1 amide bonds. The minimum atomic E-state index is 0.0532. The van der Waals surface area contributed by atoms with Crippen molar-refractivity contribution in [3.05, 3.63) is 58.6 Å². The fourth-order valence-electron chi connectivity index (χ4n) is 3.28. The van der Waals surface area contributed by atoms with Crippen LogP contribution in [-0.2, 0) is 4.79 Å². The van der Waals surface area contributed by atoms with Gasteiger partial charge in [0.05, 0.1) is 26.2 Å². The van der Waals surface area contributed by atoms with Gasteiger partial charge in [-0.3, -0.25) is 4.79 Å².